The lowest BCUT2D eigenvalue weighted by Gasteiger charge is -2.16. The second kappa shape index (κ2) is 6.40. The topological polar surface area (TPSA) is 29.5 Å². The summed E-state index contributed by atoms with van der Waals surface area (Å²) in [5, 5.41) is 0. The maximum atomic E-state index is 10.5. The zero-order valence-corrected chi connectivity index (χ0v) is 10.1. The van der Waals surface area contributed by atoms with Gasteiger partial charge in [-0.15, -0.1) is 0 Å². The predicted octanol–water partition coefficient (Wildman–Crippen LogP) is 1.90. The Bertz CT molecular complexity index is 359. The normalized spacial score (nSPS) is 16.0. The number of carbonyl (C=O) groups excluding carboxylic acids is 1. The smallest absolute Gasteiger partial charge is 0.124 e. The number of hydrogen-bond donors (Lipinski definition) is 0. The summed E-state index contributed by atoms with van der Waals surface area (Å²) in [7, 11) is 0. The van der Waals surface area contributed by atoms with Crippen molar-refractivity contribution in [3.05, 3.63) is 29.8 Å². The molecular formula is C14H19NO2. The quantitative estimate of drug-likeness (QED) is 0.703. The molecule has 0 amide bonds. The van der Waals surface area contributed by atoms with Crippen molar-refractivity contribution in [3.63, 3.8) is 0 Å². The van der Waals surface area contributed by atoms with Crippen molar-refractivity contribution in [2.75, 3.05) is 26.2 Å². The molecule has 0 aliphatic carbocycles. The Morgan fingerprint density at radius 1 is 1.24 bits per heavy atom. The van der Waals surface area contributed by atoms with E-state index in [-0.39, 0.29) is 0 Å². The van der Waals surface area contributed by atoms with Gasteiger partial charge in [-0.3, -0.25) is 4.90 Å². The number of hydrogen-bond acceptors (Lipinski definition) is 3. The Balaban J connectivity index is 1.82. The van der Waals surface area contributed by atoms with Gasteiger partial charge in [-0.1, -0.05) is 18.2 Å². The first-order chi connectivity index (χ1) is 8.40. The first-order valence-corrected chi connectivity index (χ1v) is 6.27. The van der Waals surface area contributed by atoms with Crippen molar-refractivity contribution >= 4 is 6.29 Å². The molecule has 0 saturated carbocycles. The maximum Gasteiger partial charge on any atom is 0.124 e. The second-order valence-electron chi connectivity index (χ2n) is 4.38. The van der Waals surface area contributed by atoms with Crippen LogP contribution in [0.4, 0.5) is 0 Å². The van der Waals surface area contributed by atoms with Gasteiger partial charge in [0.15, 0.2) is 0 Å². The fraction of sp³-hybridized carbons (Fsp3) is 0.500. The summed E-state index contributed by atoms with van der Waals surface area (Å²) in [6.07, 6.45) is 3.96. The molecule has 0 bridgehead atoms. The highest BCUT2D eigenvalue weighted by atomic mass is 16.5. The molecule has 1 aliphatic heterocycles. The molecule has 1 saturated heterocycles. The summed E-state index contributed by atoms with van der Waals surface area (Å²) in [4.78, 5) is 13.0. The zero-order valence-electron chi connectivity index (χ0n) is 10.1. The fourth-order valence-corrected chi connectivity index (χ4v) is 2.19. The van der Waals surface area contributed by atoms with E-state index in [9.17, 15) is 4.79 Å². The van der Waals surface area contributed by atoms with Gasteiger partial charge in [-0.25, -0.2) is 0 Å². The van der Waals surface area contributed by atoms with Crippen molar-refractivity contribution in [3.8, 4) is 5.75 Å². The molecule has 0 atom stereocenters. The summed E-state index contributed by atoms with van der Waals surface area (Å²) >= 11 is 0. The highest BCUT2D eigenvalue weighted by molar-refractivity contribution is 5.57. The molecule has 0 radical (unpaired) electrons. The van der Waals surface area contributed by atoms with Gasteiger partial charge in [-0.2, -0.15) is 0 Å². The van der Waals surface area contributed by atoms with E-state index in [1.165, 1.54) is 25.9 Å². The third kappa shape index (κ3) is 3.56. The van der Waals surface area contributed by atoms with E-state index < -0.39 is 0 Å². The van der Waals surface area contributed by atoms with Crippen molar-refractivity contribution in [1.82, 2.24) is 4.90 Å². The van der Waals surface area contributed by atoms with E-state index in [1.54, 1.807) is 0 Å². The third-order valence-corrected chi connectivity index (χ3v) is 3.14. The Kier molecular flexibility index (Phi) is 4.56. The minimum Gasteiger partial charge on any atom is -0.492 e. The van der Waals surface area contributed by atoms with E-state index in [4.69, 9.17) is 4.74 Å². The molecule has 0 unspecified atom stereocenters. The van der Waals surface area contributed by atoms with Crippen LogP contribution in [0, 0.1) is 0 Å². The lowest BCUT2D eigenvalue weighted by atomic mass is 10.1. The highest BCUT2D eigenvalue weighted by Gasteiger charge is 2.11. The van der Waals surface area contributed by atoms with Crippen LogP contribution in [0.3, 0.4) is 0 Å². The third-order valence-electron chi connectivity index (χ3n) is 3.14. The Labute approximate surface area is 102 Å². The molecule has 1 aliphatic rings. The Morgan fingerprint density at radius 3 is 2.76 bits per heavy atom. The lowest BCUT2D eigenvalue weighted by Crippen LogP contribution is -2.25. The van der Waals surface area contributed by atoms with Crippen LogP contribution in [0.25, 0.3) is 0 Å². The van der Waals surface area contributed by atoms with E-state index in [0.29, 0.717) is 13.0 Å². The number of carbonyl (C=O) groups is 1. The molecule has 92 valence electrons. The average molecular weight is 233 g/mol. The molecule has 1 aromatic carbocycles. The fourth-order valence-electron chi connectivity index (χ4n) is 2.19. The zero-order chi connectivity index (χ0) is 11.9. The minimum atomic E-state index is 0.430. The van der Waals surface area contributed by atoms with Crippen LogP contribution >= 0.6 is 0 Å². The molecule has 3 nitrogen and oxygen atoms in total. The number of rotatable bonds is 6. The Hall–Kier alpha value is -1.35. The van der Waals surface area contributed by atoms with E-state index in [1.807, 2.05) is 24.3 Å². The van der Waals surface area contributed by atoms with Crippen molar-refractivity contribution in [2.45, 2.75) is 19.3 Å². The van der Waals surface area contributed by atoms with Gasteiger partial charge in [0.1, 0.15) is 18.6 Å². The van der Waals surface area contributed by atoms with Gasteiger partial charge in [0, 0.05) is 18.5 Å². The number of ether oxygens (including phenoxy) is 1. The van der Waals surface area contributed by atoms with E-state index in [2.05, 4.69) is 4.90 Å². The lowest BCUT2D eigenvalue weighted by molar-refractivity contribution is -0.107. The molecular weight excluding hydrogens is 214 g/mol. The first-order valence-electron chi connectivity index (χ1n) is 6.27. The monoisotopic (exact) mass is 233 g/mol. The average Bonchev–Trinajstić information content (AvgIpc) is 2.85. The van der Waals surface area contributed by atoms with Crippen molar-refractivity contribution in [1.29, 1.82) is 0 Å². The largest absolute Gasteiger partial charge is 0.492 e. The summed E-state index contributed by atoms with van der Waals surface area (Å²) < 4.78 is 5.75. The van der Waals surface area contributed by atoms with Crippen LogP contribution in [0.15, 0.2) is 24.3 Å². The van der Waals surface area contributed by atoms with Crippen molar-refractivity contribution < 1.29 is 9.53 Å². The van der Waals surface area contributed by atoms with Crippen LogP contribution < -0.4 is 4.74 Å². The molecule has 3 heteroatoms. The summed E-state index contributed by atoms with van der Waals surface area (Å²) in [5.41, 5.74) is 0.976. The van der Waals surface area contributed by atoms with Gasteiger partial charge in [-0.05, 0) is 32.0 Å². The predicted molar refractivity (Wildman–Crippen MR) is 67.4 cm³/mol. The van der Waals surface area contributed by atoms with Crippen LogP contribution in [-0.4, -0.2) is 37.4 Å². The molecule has 1 fully saturated rings. The van der Waals surface area contributed by atoms with Crippen LogP contribution in [0.2, 0.25) is 0 Å². The van der Waals surface area contributed by atoms with Crippen molar-refractivity contribution in [2.24, 2.45) is 0 Å². The second-order valence-corrected chi connectivity index (χ2v) is 4.38. The summed E-state index contributed by atoms with van der Waals surface area (Å²) in [5.74, 6) is 0.846. The molecule has 1 heterocycles. The van der Waals surface area contributed by atoms with E-state index >= 15 is 0 Å². The highest BCUT2D eigenvalue weighted by Crippen LogP contribution is 2.18. The molecule has 0 N–H and O–H groups in total. The standard InChI is InChI=1S/C14H19NO2/c16-11-7-13-5-1-2-6-14(13)17-12-10-15-8-3-4-9-15/h1-2,5-6,11H,3-4,7-10,12H2. The number of para-hydroxylation sites is 1. The van der Waals surface area contributed by atoms with Gasteiger partial charge < -0.3 is 9.53 Å². The van der Waals surface area contributed by atoms with Crippen LogP contribution in [0.1, 0.15) is 18.4 Å². The van der Waals surface area contributed by atoms with Crippen LogP contribution in [-0.2, 0) is 11.2 Å². The maximum absolute atomic E-state index is 10.5. The van der Waals surface area contributed by atoms with Gasteiger partial charge in [0.05, 0.1) is 0 Å². The minimum absolute atomic E-state index is 0.430. The summed E-state index contributed by atoms with van der Waals surface area (Å²) in [6.45, 7) is 4.07. The number of likely N-dealkylation sites (tertiary alicyclic amines) is 1. The van der Waals surface area contributed by atoms with Crippen LogP contribution in [0.5, 0.6) is 5.75 Å². The van der Waals surface area contributed by atoms with Gasteiger partial charge in [0.2, 0.25) is 0 Å². The number of nitrogens with zero attached hydrogens (tertiary/aromatic N) is 1. The first kappa shape index (κ1) is 12.1. The number of aldehydes is 1. The SMILES string of the molecule is O=CCc1ccccc1OCCN1CCCC1. The molecule has 1 aromatic rings. The molecule has 0 spiro atoms. The van der Waals surface area contributed by atoms with E-state index in [0.717, 1.165) is 24.1 Å². The summed E-state index contributed by atoms with van der Waals surface area (Å²) in [6, 6.07) is 7.76. The van der Waals surface area contributed by atoms with Gasteiger partial charge >= 0.3 is 0 Å². The molecule has 0 aromatic heterocycles. The molecule has 17 heavy (non-hydrogen) atoms. The Morgan fingerprint density at radius 2 is 2.00 bits per heavy atom. The van der Waals surface area contributed by atoms with Gasteiger partial charge in [0.25, 0.3) is 0 Å². The molecule has 2 rings (SSSR count). The number of benzene rings is 1.